The standard InChI is InChI=1S/C8H8FNO3/c9-5-1-6(3-7(12)2-5)10-8(13)4-11/h1-3,11-12H,4H2,(H,10,13). The molecule has 13 heavy (non-hydrogen) atoms. The minimum atomic E-state index is -0.683. The summed E-state index contributed by atoms with van der Waals surface area (Å²) in [7, 11) is 0. The third kappa shape index (κ3) is 2.72. The van der Waals surface area contributed by atoms with Crippen molar-refractivity contribution in [3.8, 4) is 5.75 Å². The summed E-state index contributed by atoms with van der Waals surface area (Å²) in [6.45, 7) is -0.683. The first-order valence-corrected chi connectivity index (χ1v) is 3.52. The maximum atomic E-state index is 12.6. The fraction of sp³-hybridized carbons (Fsp3) is 0.125. The molecule has 0 bridgehead atoms. The van der Waals surface area contributed by atoms with Crippen LogP contribution >= 0.6 is 0 Å². The van der Waals surface area contributed by atoms with Crippen LogP contribution in [0.3, 0.4) is 0 Å². The highest BCUT2D eigenvalue weighted by Crippen LogP contribution is 2.18. The molecule has 0 aliphatic rings. The molecule has 0 fully saturated rings. The van der Waals surface area contributed by atoms with E-state index in [1.165, 1.54) is 6.07 Å². The van der Waals surface area contributed by atoms with Gasteiger partial charge in [0.05, 0.1) is 0 Å². The molecule has 0 saturated carbocycles. The van der Waals surface area contributed by atoms with Gasteiger partial charge >= 0.3 is 0 Å². The molecule has 5 heteroatoms. The minimum absolute atomic E-state index is 0.108. The van der Waals surface area contributed by atoms with Gasteiger partial charge in [0.25, 0.3) is 0 Å². The Kier molecular flexibility index (Phi) is 2.81. The number of nitrogens with one attached hydrogen (secondary N) is 1. The largest absolute Gasteiger partial charge is 0.508 e. The number of anilines is 1. The molecule has 0 unspecified atom stereocenters. The fourth-order valence-electron chi connectivity index (χ4n) is 0.847. The van der Waals surface area contributed by atoms with E-state index in [-0.39, 0.29) is 11.4 Å². The van der Waals surface area contributed by atoms with Gasteiger partial charge in [0.15, 0.2) is 0 Å². The Morgan fingerprint density at radius 3 is 2.69 bits per heavy atom. The molecule has 1 aromatic rings. The van der Waals surface area contributed by atoms with E-state index in [0.29, 0.717) is 0 Å². The minimum Gasteiger partial charge on any atom is -0.508 e. The molecule has 1 aromatic carbocycles. The second kappa shape index (κ2) is 3.86. The zero-order valence-corrected chi connectivity index (χ0v) is 6.62. The highest BCUT2D eigenvalue weighted by molar-refractivity contribution is 5.91. The molecule has 0 heterocycles. The van der Waals surface area contributed by atoms with E-state index >= 15 is 0 Å². The number of aliphatic hydroxyl groups is 1. The fourth-order valence-corrected chi connectivity index (χ4v) is 0.847. The summed E-state index contributed by atoms with van der Waals surface area (Å²) in [4.78, 5) is 10.6. The molecule has 4 nitrogen and oxygen atoms in total. The molecule has 0 radical (unpaired) electrons. The van der Waals surface area contributed by atoms with Crippen LogP contribution < -0.4 is 5.32 Å². The van der Waals surface area contributed by atoms with Gasteiger partial charge in [-0.1, -0.05) is 0 Å². The van der Waals surface area contributed by atoms with Crippen molar-refractivity contribution >= 4 is 11.6 Å². The van der Waals surface area contributed by atoms with Gasteiger partial charge in [-0.2, -0.15) is 0 Å². The van der Waals surface area contributed by atoms with Crippen LogP contribution in [-0.4, -0.2) is 22.7 Å². The zero-order chi connectivity index (χ0) is 9.84. The van der Waals surface area contributed by atoms with Gasteiger partial charge in [0.2, 0.25) is 5.91 Å². The summed E-state index contributed by atoms with van der Waals surface area (Å²) in [5.41, 5.74) is 0.108. The van der Waals surface area contributed by atoms with Gasteiger partial charge in [-0.3, -0.25) is 4.79 Å². The number of aliphatic hydroxyl groups excluding tert-OH is 1. The molecule has 3 N–H and O–H groups in total. The van der Waals surface area contributed by atoms with Gasteiger partial charge in [-0.25, -0.2) is 4.39 Å². The van der Waals surface area contributed by atoms with Gasteiger partial charge in [-0.15, -0.1) is 0 Å². The van der Waals surface area contributed by atoms with E-state index in [9.17, 15) is 9.18 Å². The average molecular weight is 185 g/mol. The summed E-state index contributed by atoms with van der Waals surface area (Å²) in [5.74, 6) is -1.61. The number of halogens is 1. The monoisotopic (exact) mass is 185 g/mol. The van der Waals surface area contributed by atoms with E-state index in [4.69, 9.17) is 10.2 Å². The molecular weight excluding hydrogens is 177 g/mol. The van der Waals surface area contributed by atoms with E-state index < -0.39 is 18.3 Å². The summed E-state index contributed by atoms with van der Waals surface area (Å²) < 4.78 is 12.6. The maximum absolute atomic E-state index is 12.6. The first-order valence-electron chi connectivity index (χ1n) is 3.52. The Labute approximate surface area is 73.6 Å². The third-order valence-electron chi connectivity index (χ3n) is 1.31. The quantitative estimate of drug-likeness (QED) is 0.627. The molecule has 1 amide bonds. The third-order valence-corrected chi connectivity index (χ3v) is 1.31. The topological polar surface area (TPSA) is 69.6 Å². The number of carbonyl (C=O) groups excluding carboxylic acids is 1. The van der Waals surface area contributed by atoms with Crippen molar-refractivity contribution in [1.29, 1.82) is 0 Å². The number of phenols is 1. The van der Waals surface area contributed by atoms with Crippen molar-refractivity contribution in [3.05, 3.63) is 24.0 Å². The Hall–Kier alpha value is -1.62. The highest BCUT2D eigenvalue weighted by Gasteiger charge is 2.02. The lowest BCUT2D eigenvalue weighted by atomic mass is 10.3. The van der Waals surface area contributed by atoms with Crippen LogP contribution in [-0.2, 0) is 4.79 Å². The van der Waals surface area contributed by atoms with Crippen LogP contribution in [0, 0.1) is 5.82 Å². The lowest BCUT2D eigenvalue weighted by molar-refractivity contribution is -0.118. The van der Waals surface area contributed by atoms with Gasteiger partial charge in [-0.05, 0) is 6.07 Å². The molecule has 0 aromatic heterocycles. The molecule has 0 saturated heterocycles. The number of hydrogen-bond donors (Lipinski definition) is 3. The lowest BCUT2D eigenvalue weighted by Crippen LogP contribution is -2.15. The van der Waals surface area contributed by atoms with Crippen molar-refractivity contribution in [2.75, 3.05) is 11.9 Å². The highest BCUT2D eigenvalue weighted by atomic mass is 19.1. The summed E-state index contributed by atoms with van der Waals surface area (Å²) in [6, 6.07) is 3.12. The van der Waals surface area contributed by atoms with Crippen LogP contribution in [0.25, 0.3) is 0 Å². The number of rotatable bonds is 2. The smallest absolute Gasteiger partial charge is 0.250 e. The summed E-state index contributed by atoms with van der Waals surface area (Å²) in [6.07, 6.45) is 0. The van der Waals surface area contributed by atoms with Gasteiger partial charge < -0.3 is 15.5 Å². The Bertz CT molecular complexity index is 307. The molecule has 0 aliphatic carbocycles. The van der Waals surface area contributed by atoms with E-state index in [1.54, 1.807) is 0 Å². The zero-order valence-electron chi connectivity index (χ0n) is 6.62. The molecule has 1 rings (SSSR count). The van der Waals surface area contributed by atoms with Gasteiger partial charge in [0, 0.05) is 17.8 Å². The van der Waals surface area contributed by atoms with Crippen molar-refractivity contribution in [1.82, 2.24) is 0 Å². The van der Waals surface area contributed by atoms with Crippen LogP contribution in [0.1, 0.15) is 0 Å². The Morgan fingerprint density at radius 2 is 2.15 bits per heavy atom. The number of phenolic OH excluding ortho intramolecular Hbond substituents is 1. The Balaban J connectivity index is 2.83. The first kappa shape index (κ1) is 9.47. The number of amides is 1. The summed E-state index contributed by atoms with van der Waals surface area (Å²) >= 11 is 0. The van der Waals surface area contributed by atoms with E-state index in [2.05, 4.69) is 5.32 Å². The second-order valence-corrected chi connectivity index (χ2v) is 2.40. The van der Waals surface area contributed by atoms with Gasteiger partial charge in [0.1, 0.15) is 18.2 Å². The molecular formula is C8H8FNO3. The van der Waals surface area contributed by atoms with Crippen LogP contribution in [0.2, 0.25) is 0 Å². The number of hydrogen-bond acceptors (Lipinski definition) is 3. The number of aromatic hydroxyl groups is 1. The normalized spacial score (nSPS) is 9.69. The average Bonchev–Trinajstić information content (AvgIpc) is 2.02. The second-order valence-electron chi connectivity index (χ2n) is 2.40. The van der Waals surface area contributed by atoms with Crippen molar-refractivity contribution in [3.63, 3.8) is 0 Å². The maximum Gasteiger partial charge on any atom is 0.250 e. The van der Waals surface area contributed by atoms with Crippen molar-refractivity contribution in [2.24, 2.45) is 0 Å². The number of benzene rings is 1. The van der Waals surface area contributed by atoms with Crippen LogP contribution in [0.4, 0.5) is 10.1 Å². The molecule has 0 aliphatic heterocycles. The van der Waals surface area contributed by atoms with Crippen LogP contribution in [0.5, 0.6) is 5.75 Å². The van der Waals surface area contributed by atoms with Crippen molar-refractivity contribution in [2.45, 2.75) is 0 Å². The summed E-state index contributed by atoms with van der Waals surface area (Å²) in [5, 5.41) is 19.5. The lowest BCUT2D eigenvalue weighted by Gasteiger charge is -2.03. The molecule has 70 valence electrons. The predicted octanol–water partition coefficient (Wildman–Crippen LogP) is 0.462. The molecule has 0 atom stereocenters. The van der Waals surface area contributed by atoms with Crippen LogP contribution in [0.15, 0.2) is 18.2 Å². The Morgan fingerprint density at radius 1 is 1.46 bits per heavy atom. The molecule has 0 spiro atoms. The first-order chi connectivity index (χ1) is 6.11. The SMILES string of the molecule is O=C(CO)Nc1cc(O)cc(F)c1. The van der Waals surface area contributed by atoms with E-state index in [1.807, 2.05) is 0 Å². The van der Waals surface area contributed by atoms with E-state index in [0.717, 1.165) is 12.1 Å². The number of carbonyl (C=O) groups is 1. The van der Waals surface area contributed by atoms with Crippen molar-refractivity contribution < 1.29 is 19.4 Å². The predicted molar refractivity (Wildman–Crippen MR) is 43.8 cm³/mol.